The summed E-state index contributed by atoms with van der Waals surface area (Å²) in [6, 6.07) is 9.24. The van der Waals surface area contributed by atoms with Crippen molar-refractivity contribution in [3.8, 4) is 11.3 Å². The van der Waals surface area contributed by atoms with Gasteiger partial charge in [-0.2, -0.15) is 0 Å². The number of hydrogen-bond donors (Lipinski definition) is 1. The number of halogens is 3. The first-order valence-corrected chi connectivity index (χ1v) is 7.20. The molecule has 0 radical (unpaired) electrons. The first-order chi connectivity index (χ1) is 9.70. The lowest BCUT2D eigenvalue weighted by Gasteiger charge is -2.03. The molecule has 0 saturated heterocycles. The Hall–Kier alpha value is -0.710. The van der Waals surface area contributed by atoms with E-state index >= 15 is 0 Å². The number of furan rings is 1. The van der Waals surface area contributed by atoms with Gasteiger partial charge < -0.3 is 14.5 Å². The lowest BCUT2D eigenvalue weighted by Crippen LogP contribution is -2.15. The molecule has 0 amide bonds. The molecular formula is C15H18Cl3NO2. The summed E-state index contributed by atoms with van der Waals surface area (Å²) in [5.74, 6) is 1.63. The highest BCUT2D eigenvalue weighted by Crippen LogP contribution is 2.31. The minimum atomic E-state index is 0. The second-order valence-corrected chi connectivity index (χ2v) is 5.26. The molecule has 0 spiro atoms. The van der Waals surface area contributed by atoms with Crippen LogP contribution in [0.3, 0.4) is 0 Å². The van der Waals surface area contributed by atoms with Crippen LogP contribution in [-0.2, 0) is 11.3 Å². The van der Waals surface area contributed by atoms with Crippen LogP contribution in [0.5, 0.6) is 0 Å². The smallest absolute Gasteiger partial charge is 0.135 e. The topological polar surface area (TPSA) is 34.4 Å². The molecule has 0 aliphatic rings. The summed E-state index contributed by atoms with van der Waals surface area (Å²) < 4.78 is 10.8. The van der Waals surface area contributed by atoms with E-state index in [1.165, 1.54) is 0 Å². The first kappa shape index (κ1) is 18.3. The molecule has 1 aromatic carbocycles. The number of benzene rings is 1. The maximum atomic E-state index is 6.16. The van der Waals surface area contributed by atoms with Gasteiger partial charge in [0.05, 0.1) is 11.6 Å². The van der Waals surface area contributed by atoms with Gasteiger partial charge in [0.2, 0.25) is 0 Å². The van der Waals surface area contributed by atoms with Gasteiger partial charge in [0.25, 0.3) is 0 Å². The molecule has 0 aliphatic heterocycles. The summed E-state index contributed by atoms with van der Waals surface area (Å²) >= 11 is 12.0. The number of nitrogens with one attached hydrogen (secondary N) is 1. The fraction of sp³-hybridized carbons (Fsp3) is 0.333. The average molecular weight is 351 g/mol. The third-order valence-corrected chi connectivity index (χ3v) is 3.41. The van der Waals surface area contributed by atoms with Gasteiger partial charge in [-0.05, 0) is 43.3 Å². The summed E-state index contributed by atoms with van der Waals surface area (Å²) in [6.07, 6.45) is 0.979. The van der Waals surface area contributed by atoms with E-state index in [1.807, 2.05) is 18.2 Å². The number of rotatable bonds is 7. The van der Waals surface area contributed by atoms with E-state index in [2.05, 4.69) is 5.32 Å². The Labute approximate surface area is 141 Å². The highest BCUT2D eigenvalue weighted by atomic mass is 35.5. The maximum Gasteiger partial charge on any atom is 0.135 e. The van der Waals surface area contributed by atoms with Crippen LogP contribution in [-0.4, -0.2) is 20.3 Å². The molecule has 1 aromatic heterocycles. The Morgan fingerprint density at radius 1 is 1.19 bits per heavy atom. The molecule has 6 heteroatoms. The van der Waals surface area contributed by atoms with Crippen LogP contribution in [0.2, 0.25) is 10.0 Å². The van der Waals surface area contributed by atoms with Gasteiger partial charge in [-0.3, -0.25) is 0 Å². The van der Waals surface area contributed by atoms with Crippen molar-refractivity contribution in [2.75, 3.05) is 20.3 Å². The van der Waals surface area contributed by atoms with E-state index in [4.69, 9.17) is 32.4 Å². The Bertz CT molecular complexity index is 558. The molecule has 0 unspecified atom stereocenters. The maximum absolute atomic E-state index is 6.16. The van der Waals surface area contributed by atoms with Gasteiger partial charge in [-0.15, -0.1) is 12.4 Å². The Balaban J connectivity index is 0.00000220. The molecule has 21 heavy (non-hydrogen) atoms. The van der Waals surface area contributed by atoms with Crippen molar-refractivity contribution in [2.24, 2.45) is 0 Å². The lowest BCUT2D eigenvalue weighted by molar-refractivity contribution is 0.194. The van der Waals surface area contributed by atoms with E-state index in [0.717, 1.165) is 36.7 Å². The second kappa shape index (κ2) is 9.34. The molecule has 1 heterocycles. The molecule has 0 saturated carbocycles. The van der Waals surface area contributed by atoms with Crippen LogP contribution in [0.15, 0.2) is 34.7 Å². The predicted octanol–water partition coefficient (Wildman–Crippen LogP) is 4.80. The summed E-state index contributed by atoms with van der Waals surface area (Å²) in [5.41, 5.74) is 0.849. The summed E-state index contributed by atoms with van der Waals surface area (Å²) in [6.45, 7) is 2.34. The zero-order valence-electron chi connectivity index (χ0n) is 11.7. The number of methoxy groups -OCH3 is 1. The molecular weight excluding hydrogens is 333 g/mol. The third-order valence-electron chi connectivity index (χ3n) is 2.86. The predicted molar refractivity (Wildman–Crippen MR) is 89.6 cm³/mol. The van der Waals surface area contributed by atoms with Crippen LogP contribution >= 0.6 is 35.6 Å². The number of ether oxygens (including phenoxy) is 1. The Kier molecular flexibility index (Phi) is 8.15. The minimum Gasteiger partial charge on any atom is -0.460 e. The zero-order chi connectivity index (χ0) is 14.4. The molecule has 2 aromatic rings. The highest BCUT2D eigenvalue weighted by Gasteiger charge is 2.09. The summed E-state index contributed by atoms with van der Waals surface area (Å²) in [5, 5.41) is 4.50. The average Bonchev–Trinajstić information content (AvgIpc) is 2.87. The van der Waals surface area contributed by atoms with E-state index < -0.39 is 0 Å². The molecule has 0 atom stereocenters. The van der Waals surface area contributed by atoms with Gasteiger partial charge in [0.15, 0.2) is 0 Å². The lowest BCUT2D eigenvalue weighted by atomic mass is 10.2. The fourth-order valence-electron chi connectivity index (χ4n) is 1.86. The summed E-state index contributed by atoms with van der Waals surface area (Å²) in [4.78, 5) is 0. The van der Waals surface area contributed by atoms with E-state index in [9.17, 15) is 0 Å². The molecule has 1 N–H and O–H groups in total. The molecule has 0 fully saturated rings. The fourth-order valence-corrected chi connectivity index (χ4v) is 2.36. The largest absolute Gasteiger partial charge is 0.460 e. The van der Waals surface area contributed by atoms with Crippen LogP contribution < -0.4 is 5.32 Å². The Morgan fingerprint density at radius 2 is 2.00 bits per heavy atom. The van der Waals surface area contributed by atoms with Gasteiger partial charge in [-0.1, -0.05) is 23.2 Å². The van der Waals surface area contributed by atoms with E-state index in [-0.39, 0.29) is 12.4 Å². The van der Waals surface area contributed by atoms with Crippen molar-refractivity contribution in [1.82, 2.24) is 5.32 Å². The SMILES string of the molecule is COCCCNCc1ccc(-c2ccc(Cl)cc2Cl)o1.Cl. The monoisotopic (exact) mass is 349 g/mol. The van der Waals surface area contributed by atoms with Crippen molar-refractivity contribution in [2.45, 2.75) is 13.0 Å². The van der Waals surface area contributed by atoms with Gasteiger partial charge >= 0.3 is 0 Å². The van der Waals surface area contributed by atoms with Crippen molar-refractivity contribution in [1.29, 1.82) is 0 Å². The van der Waals surface area contributed by atoms with E-state index in [0.29, 0.717) is 16.6 Å². The molecule has 3 nitrogen and oxygen atoms in total. The van der Waals surface area contributed by atoms with Crippen molar-refractivity contribution in [3.05, 3.63) is 46.1 Å². The van der Waals surface area contributed by atoms with Crippen LogP contribution in [0.25, 0.3) is 11.3 Å². The first-order valence-electron chi connectivity index (χ1n) is 6.44. The van der Waals surface area contributed by atoms with Gasteiger partial charge in [0, 0.05) is 24.3 Å². The second-order valence-electron chi connectivity index (χ2n) is 4.41. The Morgan fingerprint density at radius 3 is 2.71 bits per heavy atom. The van der Waals surface area contributed by atoms with Crippen LogP contribution in [0.1, 0.15) is 12.2 Å². The normalized spacial score (nSPS) is 10.4. The zero-order valence-corrected chi connectivity index (χ0v) is 14.0. The molecule has 0 aliphatic carbocycles. The quantitative estimate of drug-likeness (QED) is 0.728. The minimum absolute atomic E-state index is 0. The van der Waals surface area contributed by atoms with Crippen molar-refractivity contribution >= 4 is 35.6 Å². The van der Waals surface area contributed by atoms with Crippen LogP contribution in [0, 0.1) is 0 Å². The number of hydrogen-bond acceptors (Lipinski definition) is 3. The molecule has 0 bridgehead atoms. The third kappa shape index (κ3) is 5.53. The van der Waals surface area contributed by atoms with E-state index in [1.54, 1.807) is 19.2 Å². The van der Waals surface area contributed by atoms with Gasteiger partial charge in [-0.25, -0.2) is 0 Å². The highest BCUT2D eigenvalue weighted by molar-refractivity contribution is 6.36. The standard InChI is InChI=1S/C15H17Cl2NO2.ClH/c1-19-8-2-7-18-10-12-4-6-15(20-12)13-5-3-11(16)9-14(13)17;/h3-6,9,18H,2,7-8,10H2,1H3;1H. The van der Waals surface area contributed by atoms with Gasteiger partial charge in [0.1, 0.15) is 11.5 Å². The van der Waals surface area contributed by atoms with Crippen molar-refractivity contribution < 1.29 is 9.15 Å². The summed E-state index contributed by atoms with van der Waals surface area (Å²) in [7, 11) is 1.70. The molecule has 2 rings (SSSR count). The van der Waals surface area contributed by atoms with Crippen LogP contribution in [0.4, 0.5) is 0 Å². The molecule has 116 valence electrons. The van der Waals surface area contributed by atoms with Crippen molar-refractivity contribution in [3.63, 3.8) is 0 Å².